The zero-order chi connectivity index (χ0) is 38.6. The zero-order valence-electron chi connectivity index (χ0n) is 28.3. The van der Waals surface area contributed by atoms with Crippen LogP contribution < -0.4 is 10.0 Å². The van der Waals surface area contributed by atoms with E-state index in [1.54, 1.807) is 26.1 Å². The lowest BCUT2D eigenvalue weighted by molar-refractivity contribution is -0.123. The minimum atomic E-state index is -3.81. The maximum Gasteiger partial charge on any atom is 0.293 e. The molecule has 4 atom stereocenters. The Bertz CT molecular complexity index is 2620. The van der Waals surface area contributed by atoms with E-state index in [9.17, 15) is 30.8 Å². The van der Waals surface area contributed by atoms with Crippen LogP contribution in [0.1, 0.15) is 53.5 Å². The Labute approximate surface area is 306 Å². The fourth-order valence-corrected chi connectivity index (χ4v) is 8.58. The van der Waals surface area contributed by atoms with Crippen LogP contribution in [-0.4, -0.2) is 55.3 Å². The van der Waals surface area contributed by atoms with Gasteiger partial charge in [0.2, 0.25) is 15.9 Å². The number of amides is 1. The lowest BCUT2D eigenvalue weighted by Gasteiger charge is -2.23. The molecule has 0 bridgehead atoms. The minimum absolute atomic E-state index is 0.0698. The van der Waals surface area contributed by atoms with Gasteiger partial charge in [0.05, 0.1) is 40.1 Å². The summed E-state index contributed by atoms with van der Waals surface area (Å²) in [6.07, 6.45) is -1.03. The first-order valence-electron chi connectivity index (χ1n) is 16.4. The van der Waals surface area contributed by atoms with Gasteiger partial charge in [0, 0.05) is 47.0 Å². The Kier molecular flexibility index (Phi) is 8.26. The fourth-order valence-electron chi connectivity index (χ4n) is 7.84. The number of carbonyl (C=O) groups excluding carboxylic acids is 1. The van der Waals surface area contributed by atoms with Crippen molar-refractivity contribution in [2.75, 3.05) is 11.0 Å². The predicted molar refractivity (Wildman–Crippen MR) is 184 cm³/mol. The normalized spacial score (nSPS) is 19.4. The van der Waals surface area contributed by atoms with E-state index in [1.165, 1.54) is 16.9 Å². The molecule has 20 heteroatoms. The van der Waals surface area contributed by atoms with Crippen molar-refractivity contribution in [1.82, 2.24) is 40.1 Å². The van der Waals surface area contributed by atoms with Gasteiger partial charge in [0.1, 0.15) is 29.6 Å². The van der Waals surface area contributed by atoms with Gasteiger partial charge in [0.25, 0.3) is 12.3 Å². The molecule has 0 spiro atoms. The van der Waals surface area contributed by atoms with Crippen LogP contribution in [0.4, 0.5) is 32.2 Å². The summed E-state index contributed by atoms with van der Waals surface area (Å²) in [7, 11) is -2.26. The van der Waals surface area contributed by atoms with Crippen molar-refractivity contribution < 1.29 is 39.6 Å². The van der Waals surface area contributed by atoms with Crippen LogP contribution in [0.5, 0.6) is 0 Å². The van der Waals surface area contributed by atoms with Gasteiger partial charge in [-0.15, -0.1) is 0 Å². The SMILES string of the molecule is C[C@@H]1[C@@H]2c3c(C(F)F)nn(CC(=O)NC(Cc4cc(F)cc(F)c4)c4nc5[nH]ncc5cc4-c4ccc(Cl)c5c(NS(C)(=O)=O)nn(C)c45)c3C(F)(F)[C@H]12. The van der Waals surface area contributed by atoms with E-state index in [0.29, 0.717) is 32.8 Å². The van der Waals surface area contributed by atoms with Gasteiger partial charge in [-0.05, 0) is 42.2 Å². The highest BCUT2D eigenvalue weighted by atomic mass is 35.5. The highest BCUT2D eigenvalue weighted by Crippen LogP contribution is 2.71. The first-order valence-corrected chi connectivity index (χ1v) is 18.7. The van der Waals surface area contributed by atoms with Crippen LogP contribution in [0, 0.1) is 23.5 Å². The van der Waals surface area contributed by atoms with E-state index < -0.39 is 81.6 Å². The van der Waals surface area contributed by atoms with Gasteiger partial charge in [-0.3, -0.25) is 24.0 Å². The van der Waals surface area contributed by atoms with Gasteiger partial charge in [-0.2, -0.15) is 24.1 Å². The number of aryl methyl sites for hydroxylation is 1. The molecule has 12 nitrogen and oxygen atoms in total. The molecule has 8 rings (SSSR count). The van der Waals surface area contributed by atoms with Crippen LogP contribution in [-0.2, 0) is 40.8 Å². The lowest BCUT2D eigenvalue weighted by atomic mass is 9.93. The molecule has 2 aromatic carbocycles. The van der Waals surface area contributed by atoms with E-state index in [1.807, 2.05) is 0 Å². The number of carbonyl (C=O) groups is 1. The Morgan fingerprint density at radius 1 is 1.07 bits per heavy atom. The van der Waals surface area contributed by atoms with E-state index in [0.717, 1.165) is 18.4 Å². The van der Waals surface area contributed by atoms with Gasteiger partial charge in [0.15, 0.2) is 11.5 Å². The Balaban J connectivity index is 1.26. The number of alkyl halides is 4. The van der Waals surface area contributed by atoms with Crippen LogP contribution >= 0.6 is 11.6 Å². The Morgan fingerprint density at radius 3 is 2.48 bits per heavy atom. The maximum absolute atomic E-state index is 15.6. The van der Waals surface area contributed by atoms with E-state index >= 15 is 8.78 Å². The summed E-state index contributed by atoms with van der Waals surface area (Å²) in [6.45, 7) is 0.664. The number of aromatic amines is 1. The number of aromatic nitrogens is 7. The third-order valence-electron chi connectivity index (χ3n) is 9.96. The molecule has 4 heterocycles. The molecule has 282 valence electrons. The first kappa shape index (κ1) is 35.8. The summed E-state index contributed by atoms with van der Waals surface area (Å²) >= 11 is 6.57. The summed E-state index contributed by atoms with van der Waals surface area (Å²) in [5.41, 5.74) is -0.307. The highest BCUT2D eigenvalue weighted by molar-refractivity contribution is 7.92. The summed E-state index contributed by atoms with van der Waals surface area (Å²) in [5.74, 6) is -8.86. The highest BCUT2D eigenvalue weighted by Gasteiger charge is 2.71. The molecule has 1 saturated carbocycles. The van der Waals surface area contributed by atoms with Crippen molar-refractivity contribution in [3.8, 4) is 11.1 Å². The number of fused-ring (bicyclic) bond motifs is 5. The number of nitrogens with zero attached hydrogens (tertiary/aromatic N) is 6. The number of hydrogen-bond donors (Lipinski definition) is 3. The summed E-state index contributed by atoms with van der Waals surface area (Å²) in [5, 5.41) is 18.5. The minimum Gasteiger partial charge on any atom is -0.346 e. The molecule has 6 aromatic rings. The third kappa shape index (κ3) is 5.93. The molecule has 0 radical (unpaired) electrons. The molecule has 4 aromatic heterocycles. The van der Waals surface area contributed by atoms with Gasteiger partial charge in [-0.25, -0.2) is 31.0 Å². The van der Waals surface area contributed by atoms with Crippen LogP contribution in [0.25, 0.3) is 33.1 Å². The fraction of sp³-hybridized carbons (Fsp3) is 0.324. The van der Waals surface area contributed by atoms with Crippen LogP contribution in [0.15, 0.2) is 42.6 Å². The average molecular weight is 792 g/mol. The summed E-state index contributed by atoms with van der Waals surface area (Å²) in [6, 6.07) is 6.27. The zero-order valence-corrected chi connectivity index (χ0v) is 29.9. The van der Waals surface area contributed by atoms with Crippen LogP contribution in [0.2, 0.25) is 5.02 Å². The molecule has 0 aliphatic heterocycles. The number of halogens is 7. The first-order chi connectivity index (χ1) is 25.4. The van der Waals surface area contributed by atoms with Gasteiger partial charge in [-0.1, -0.05) is 24.6 Å². The quantitative estimate of drug-likeness (QED) is 0.134. The lowest BCUT2D eigenvalue weighted by Crippen LogP contribution is -2.35. The number of rotatable bonds is 10. The van der Waals surface area contributed by atoms with Crippen molar-refractivity contribution >= 4 is 55.3 Å². The molecule has 2 aliphatic carbocycles. The molecule has 1 amide bonds. The van der Waals surface area contributed by atoms with E-state index in [-0.39, 0.29) is 45.1 Å². The Morgan fingerprint density at radius 2 is 1.80 bits per heavy atom. The number of pyridine rings is 1. The molecule has 54 heavy (non-hydrogen) atoms. The number of hydrogen-bond acceptors (Lipinski definition) is 7. The second kappa shape index (κ2) is 12.4. The topological polar surface area (TPSA) is 152 Å². The number of benzene rings is 2. The number of anilines is 1. The van der Waals surface area contributed by atoms with E-state index in [4.69, 9.17) is 16.6 Å². The van der Waals surface area contributed by atoms with Crippen molar-refractivity contribution in [2.24, 2.45) is 18.9 Å². The standard InChI is InChI=1S/C34H28ClF6N9O3S/c1-13-23-25-28(31(38)39)46-50(30(25)34(40,41)26(13)23)12-22(51)43-21(8-14-6-16(36)10-17(37)7-14)27-19(9-15-11-42-45-32(15)44-27)18-4-5-20(35)24-29(18)49(2)47-33(24)48-54(3,52)53/h4-7,9-11,13,21,23,26,31H,8,12H2,1-3H3,(H,43,51)(H,47,48)(H,42,44,45)/t13-,21?,23-,26-/m1/s1. The Hall–Kier alpha value is -5.17. The van der Waals surface area contributed by atoms with Gasteiger partial charge < -0.3 is 5.32 Å². The number of H-pyrrole nitrogens is 1. The summed E-state index contributed by atoms with van der Waals surface area (Å²) in [4.78, 5) is 18.6. The third-order valence-corrected chi connectivity index (χ3v) is 10.8. The second-order valence-corrected chi connectivity index (χ2v) is 15.8. The smallest absolute Gasteiger partial charge is 0.293 e. The van der Waals surface area contributed by atoms with Crippen molar-refractivity contribution in [3.63, 3.8) is 0 Å². The molecule has 2 aliphatic rings. The molecule has 1 fully saturated rings. The summed E-state index contributed by atoms with van der Waals surface area (Å²) < 4.78 is 117. The molecule has 1 unspecified atom stereocenters. The van der Waals surface area contributed by atoms with E-state index in [2.05, 4.69) is 30.4 Å². The monoisotopic (exact) mass is 791 g/mol. The average Bonchev–Trinajstić information content (AvgIpc) is 3.43. The maximum atomic E-state index is 15.6. The van der Waals surface area contributed by atoms with Crippen LogP contribution in [0.3, 0.4) is 0 Å². The largest absolute Gasteiger partial charge is 0.346 e. The molecular weight excluding hydrogens is 764 g/mol. The van der Waals surface area contributed by atoms with Gasteiger partial charge >= 0.3 is 0 Å². The molecule has 3 N–H and O–H groups in total. The molecule has 0 saturated heterocycles. The van der Waals surface area contributed by atoms with Crippen molar-refractivity contribution in [2.45, 2.75) is 44.2 Å². The predicted octanol–water partition coefficient (Wildman–Crippen LogP) is 6.50. The number of sulfonamides is 1. The molecular formula is C34H28ClF6N9O3S. The number of nitrogens with one attached hydrogen (secondary N) is 3. The van der Waals surface area contributed by atoms with Crippen molar-refractivity contribution in [3.05, 3.63) is 87.5 Å². The van der Waals surface area contributed by atoms with Crippen molar-refractivity contribution in [1.29, 1.82) is 0 Å². The second-order valence-electron chi connectivity index (χ2n) is 13.6.